The first kappa shape index (κ1) is 16.2. The lowest BCUT2D eigenvalue weighted by Gasteiger charge is -2.27. The second-order valence-corrected chi connectivity index (χ2v) is 6.35. The van der Waals surface area contributed by atoms with Gasteiger partial charge in [0.15, 0.2) is 0 Å². The fourth-order valence-corrected chi connectivity index (χ4v) is 3.28. The molecule has 0 aromatic heterocycles. The molecule has 21 heavy (non-hydrogen) atoms. The molecule has 1 saturated carbocycles. The van der Waals surface area contributed by atoms with Crippen LogP contribution in [-0.2, 0) is 0 Å². The van der Waals surface area contributed by atoms with Gasteiger partial charge in [0.1, 0.15) is 5.75 Å². The normalized spacial score (nSPS) is 22.1. The van der Waals surface area contributed by atoms with E-state index in [9.17, 15) is 13.6 Å². The summed E-state index contributed by atoms with van der Waals surface area (Å²) in [5, 5.41) is 2.90. The number of nitrogens with one attached hydrogen (secondary N) is 1. The molecule has 2 rings (SSSR count). The van der Waals surface area contributed by atoms with E-state index in [-0.39, 0.29) is 11.7 Å². The van der Waals surface area contributed by atoms with E-state index < -0.39 is 6.61 Å². The van der Waals surface area contributed by atoms with Crippen molar-refractivity contribution in [2.24, 2.45) is 5.92 Å². The van der Waals surface area contributed by atoms with Gasteiger partial charge in [0, 0.05) is 16.9 Å². The third-order valence-corrected chi connectivity index (χ3v) is 4.89. The Morgan fingerprint density at radius 3 is 2.57 bits per heavy atom. The van der Waals surface area contributed by atoms with Crippen LogP contribution in [0.1, 0.15) is 36.0 Å². The van der Waals surface area contributed by atoms with Crippen molar-refractivity contribution in [1.29, 1.82) is 0 Å². The molecule has 0 spiro atoms. The second kappa shape index (κ2) is 7.73. The lowest BCUT2D eigenvalue weighted by atomic mass is 9.89. The molecule has 2 atom stereocenters. The molecule has 1 amide bonds. The topological polar surface area (TPSA) is 38.3 Å². The molecule has 0 radical (unpaired) electrons. The van der Waals surface area contributed by atoms with Gasteiger partial charge in [-0.05, 0) is 43.0 Å². The van der Waals surface area contributed by atoms with E-state index in [2.05, 4.69) is 26.0 Å². The van der Waals surface area contributed by atoms with Crippen molar-refractivity contribution in [3.8, 4) is 5.75 Å². The van der Waals surface area contributed by atoms with Crippen LogP contribution in [0.4, 0.5) is 8.78 Å². The predicted octanol–water partition coefficient (Wildman–Crippen LogP) is 3.97. The minimum absolute atomic E-state index is 0.0503. The monoisotopic (exact) mass is 361 g/mol. The molecule has 1 N–H and O–H groups in total. The van der Waals surface area contributed by atoms with Crippen molar-refractivity contribution in [2.45, 2.75) is 37.1 Å². The van der Waals surface area contributed by atoms with Crippen LogP contribution < -0.4 is 10.1 Å². The van der Waals surface area contributed by atoms with E-state index in [1.807, 2.05) is 0 Å². The molecular weight excluding hydrogens is 344 g/mol. The standard InChI is InChI=1S/C15H18BrF2NO2/c16-13-4-2-1-3-11(13)9-19-14(20)10-5-7-12(8-6-10)21-15(17)18/h5-8,11,13,15H,1-4,9H2,(H,19,20). The summed E-state index contributed by atoms with van der Waals surface area (Å²) in [5.74, 6) is 0.308. The first-order valence-corrected chi connectivity index (χ1v) is 7.95. The highest BCUT2D eigenvalue weighted by atomic mass is 79.9. The molecule has 0 aliphatic heterocycles. The first-order valence-electron chi connectivity index (χ1n) is 7.03. The molecule has 116 valence electrons. The molecule has 1 aromatic carbocycles. The molecule has 1 fully saturated rings. The van der Waals surface area contributed by atoms with Crippen LogP contribution in [0.5, 0.6) is 5.75 Å². The number of rotatable bonds is 5. The summed E-state index contributed by atoms with van der Waals surface area (Å²) >= 11 is 3.65. The van der Waals surface area contributed by atoms with Gasteiger partial charge in [0.2, 0.25) is 0 Å². The molecule has 2 unspecified atom stereocenters. The van der Waals surface area contributed by atoms with Crippen LogP contribution >= 0.6 is 15.9 Å². The highest BCUT2D eigenvalue weighted by Gasteiger charge is 2.23. The van der Waals surface area contributed by atoms with Gasteiger partial charge in [-0.25, -0.2) is 0 Å². The van der Waals surface area contributed by atoms with Crippen LogP contribution in [0.25, 0.3) is 0 Å². The van der Waals surface area contributed by atoms with E-state index in [1.54, 1.807) is 0 Å². The van der Waals surface area contributed by atoms with Crippen molar-refractivity contribution in [2.75, 3.05) is 6.54 Å². The first-order chi connectivity index (χ1) is 10.1. The largest absolute Gasteiger partial charge is 0.435 e. The number of benzene rings is 1. The third kappa shape index (κ3) is 4.95. The van der Waals surface area contributed by atoms with Crippen LogP contribution in [0.3, 0.4) is 0 Å². The summed E-state index contributed by atoms with van der Waals surface area (Å²) < 4.78 is 28.3. The quantitative estimate of drug-likeness (QED) is 0.805. The zero-order chi connectivity index (χ0) is 15.2. The highest BCUT2D eigenvalue weighted by Crippen LogP contribution is 2.29. The summed E-state index contributed by atoms with van der Waals surface area (Å²) in [4.78, 5) is 12.5. The SMILES string of the molecule is O=C(NCC1CCCCC1Br)c1ccc(OC(F)F)cc1. The average Bonchev–Trinajstić information content (AvgIpc) is 2.46. The van der Waals surface area contributed by atoms with Crippen LogP contribution in [-0.4, -0.2) is 23.9 Å². The van der Waals surface area contributed by atoms with Gasteiger partial charge in [0.25, 0.3) is 5.91 Å². The van der Waals surface area contributed by atoms with Crippen molar-refractivity contribution >= 4 is 21.8 Å². The Morgan fingerprint density at radius 2 is 1.95 bits per heavy atom. The molecule has 1 aliphatic rings. The van der Waals surface area contributed by atoms with E-state index in [0.717, 1.165) is 12.8 Å². The number of carbonyl (C=O) groups excluding carboxylic acids is 1. The number of ether oxygens (including phenoxy) is 1. The Labute approximate surface area is 131 Å². The molecule has 6 heteroatoms. The van der Waals surface area contributed by atoms with Gasteiger partial charge in [-0.15, -0.1) is 0 Å². The summed E-state index contributed by atoms with van der Waals surface area (Å²) in [7, 11) is 0. The zero-order valence-electron chi connectivity index (χ0n) is 11.5. The summed E-state index contributed by atoms with van der Waals surface area (Å²) in [6, 6.07) is 5.71. The van der Waals surface area contributed by atoms with E-state index in [1.165, 1.54) is 37.1 Å². The molecule has 0 saturated heterocycles. The maximum atomic E-state index is 12.0. The number of carbonyl (C=O) groups is 1. The minimum atomic E-state index is -2.85. The van der Waals surface area contributed by atoms with Gasteiger partial charge in [-0.1, -0.05) is 28.8 Å². The molecule has 3 nitrogen and oxygen atoms in total. The number of hydrogen-bond acceptors (Lipinski definition) is 2. The van der Waals surface area contributed by atoms with Crippen LogP contribution in [0.2, 0.25) is 0 Å². The Kier molecular flexibility index (Phi) is 5.96. The number of amides is 1. The fourth-order valence-electron chi connectivity index (χ4n) is 2.51. The molecule has 0 heterocycles. The van der Waals surface area contributed by atoms with E-state index in [4.69, 9.17) is 0 Å². The Morgan fingerprint density at radius 1 is 1.29 bits per heavy atom. The van der Waals surface area contributed by atoms with Gasteiger partial charge in [0.05, 0.1) is 0 Å². The molecule has 0 bridgehead atoms. The van der Waals surface area contributed by atoms with Gasteiger partial charge < -0.3 is 10.1 Å². The Balaban J connectivity index is 1.85. The number of alkyl halides is 3. The maximum Gasteiger partial charge on any atom is 0.387 e. The van der Waals surface area contributed by atoms with Crippen LogP contribution in [0.15, 0.2) is 24.3 Å². The Bertz CT molecular complexity index is 467. The zero-order valence-corrected chi connectivity index (χ0v) is 13.1. The van der Waals surface area contributed by atoms with E-state index in [0.29, 0.717) is 22.9 Å². The van der Waals surface area contributed by atoms with Crippen LogP contribution in [0, 0.1) is 5.92 Å². The lowest BCUT2D eigenvalue weighted by Crippen LogP contribution is -2.34. The fraction of sp³-hybridized carbons (Fsp3) is 0.533. The number of halogens is 3. The van der Waals surface area contributed by atoms with Crippen molar-refractivity contribution < 1.29 is 18.3 Å². The van der Waals surface area contributed by atoms with Crippen molar-refractivity contribution in [1.82, 2.24) is 5.32 Å². The average molecular weight is 362 g/mol. The van der Waals surface area contributed by atoms with E-state index >= 15 is 0 Å². The highest BCUT2D eigenvalue weighted by molar-refractivity contribution is 9.09. The maximum absolute atomic E-state index is 12.0. The number of hydrogen-bond donors (Lipinski definition) is 1. The summed E-state index contributed by atoms with van der Waals surface area (Å²) in [6.45, 7) is -2.23. The molecule has 1 aliphatic carbocycles. The molecule has 1 aromatic rings. The van der Waals surface area contributed by atoms with Gasteiger partial charge in [-0.2, -0.15) is 8.78 Å². The third-order valence-electron chi connectivity index (χ3n) is 3.68. The second-order valence-electron chi connectivity index (χ2n) is 5.17. The molecular formula is C15H18BrF2NO2. The summed E-state index contributed by atoms with van der Waals surface area (Å²) in [5.41, 5.74) is 0.443. The van der Waals surface area contributed by atoms with Crippen molar-refractivity contribution in [3.05, 3.63) is 29.8 Å². The Hall–Kier alpha value is -1.17. The predicted molar refractivity (Wildman–Crippen MR) is 80.1 cm³/mol. The van der Waals surface area contributed by atoms with Gasteiger partial charge >= 0.3 is 6.61 Å². The smallest absolute Gasteiger partial charge is 0.387 e. The summed E-state index contributed by atoms with van der Waals surface area (Å²) in [6.07, 6.45) is 4.67. The van der Waals surface area contributed by atoms with Gasteiger partial charge in [-0.3, -0.25) is 4.79 Å². The minimum Gasteiger partial charge on any atom is -0.435 e. The van der Waals surface area contributed by atoms with Crippen molar-refractivity contribution in [3.63, 3.8) is 0 Å². The lowest BCUT2D eigenvalue weighted by molar-refractivity contribution is -0.0498.